The van der Waals surface area contributed by atoms with Gasteiger partial charge in [-0.3, -0.25) is 0 Å². The van der Waals surface area contributed by atoms with E-state index >= 15 is 0 Å². The molecule has 3 rings (SSSR count). The maximum atomic E-state index is 5.50. The van der Waals surface area contributed by atoms with Gasteiger partial charge in [-0.25, -0.2) is 9.97 Å². The predicted molar refractivity (Wildman–Crippen MR) is 74.4 cm³/mol. The molecule has 0 amide bonds. The zero-order valence-electron chi connectivity index (χ0n) is 11.5. The summed E-state index contributed by atoms with van der Waals surface area (Å²) in [5, 5.41) is 6.91. The molecular formula is C14H22N4O. The van der Waals surface area contributed by atoms with E-state index < -0.39 is 0 Å². The summed E-state index contributed by atoms with van der Waals surface area (Å²) in [4.78, 5) is 8.92. The van der Waals surface area contributed by atoms with Crippen LogP contribution in [0, 0.1) is 0 Å². The lowest BCUT2D eigenvalue weighted by Gasteiger charge is -2.21. The van der Waals surface area contributed by atoms with Gasteiger partial charge in [0.05, 0.1) is 12.1 Å². The second-order valence-corrected chi connectivity index (χ2v) is 5.39. The summed E-state index contributed by atoms with van der Waals surface area (Å²) < 4.78 is 5.50. The number of ether oxygens (including phenoxy) is 1. The molecule has 19 heavy (non-hydrogen) atoms. The summed E-state index contributed by atoms with van der Waals surface area (Å²) in [6.45, 7) is 1.83. The third kappa shape index (κ3) is 2.72. The van der Waals surface area contributed by atoms with Crippen LogP contribution in [-0.2, 0) is 17.6 Å². The van der Waals surface area contributed by atoms with Crippen LogP contribution in [0.3, 0.4) is 0 Å². The van der Waals surface area contributed by atoms with E-state index in [1.165, 1.54) is 30.5 Å². The first-order valence-electron chi connectivity index (χ1n) is 7.21. The highest BCUT2D eigenvalue weighted by Crippen LogP contribution is 2.25. The average molecular weight is 262 g/mol. The van der Waals surface area contributed by atoms with Gasteiger partial charge < -0.3 is 15.4 Å². The first kappa shape index (κ1) is 12.8. The van der Waals surface area contributed by atoms with E-state index in [1.807, 2.05) is 0 Å². The molecule has 1 saturated heterocycles. The number of aryl methyl sites for hydroxylation is 1. The van der Waals surface area contributed by atoms with Gasteiger partial charge in [-0.05, 0) is 25.7 Å². The molecule has 0 bridgehead atoms. The summed E-state index contributed by atoms with van der Waals surface area (Å²) in [7, 11) is 1.77. The number of nitrogens with one attached hydrogen (secondary N) is 2. The molecule has 1 aromatic rings. The van der Waals surface area contributed by atoms with Gasteiger partial charge in [0, 0.05) is 31.5 Å². The van der Waals surface area contributed by atoms with Gasteiger partial charge in [0.1, 0.15) is 12.1 Å². The Balaban J connectivity index is 1.81. The van der Waals surface area contributed by atoms with Crippen LogP contribution in [0.15, 0.2) is 6.33 Å². The van der Waals surface area contributed by atoms with Crippen molar-refractivity contribution in [3.05, 3.63) is 17.6 Å². The van der Waals surface area contributed by atoms with Crippen LogP contribution < -0.4 is 10.6 Å². The second-order valence-electron chi connectivity index (χ2n) is 5.39. The van der Waals surface area contributed by atoms with Crippen LogP contribution >= 0.6 is 0 Å². The third-order valence-corrected chi connectivity index (χ3v) is 4.16. The average Bonchev–Trinajstić information content (AvgIpc) is 2.73. The smallest absolute Gasteiger partial charge is 0.133 e. The molecule has 0 saturated carbocycles. The first-order valence-corrected chi connectivity index (χ1v) is 7.21. The molecule has 0 radical (unpaired) electrons. The van der Waals surface area contributed by atoms with Crippen LogP contribution in [0.4, 0.5) is 5.82 Å². The molecule has 1 aliphatic carbocycles. The molecule has 0 spiro atoms. The van der Waals surface area contributed by atoms with Crippen molar-refractivity contribution in [1.29, 1.82) is 0 Å². The van der Waals surface area contributed by atoms with E-state index in [1.54, 1.807) is 13.4 Å². The normalized spacial score (nSPS) is 26.8. The van der Waals surface area contributed by atoms with Crippen molar-refractivity contribution in [2.24, 2.45) is 0 Å². The topological polar surface area (TPSA) is 59.1 Å². The maximum absolute atomic E-state index is 5.50. The lowest BCUT2D eigenvalue weighted by molar-refractivity contribution is 0.111. The third-order valence-electron chi connectivity index (χ3n) is 4.16. The van der Waals surface area contributed by atoms with Crippen molar-refractivity contribution in [2.45, 2.75) is 44.2 Å². The molecule has 2 aliphatic rings. The summed E-state index contributed by atoms with van der Waals surface area (Å²) in [6, 6.07) is 0.298. The van der Waals surface area contributed by atoms with Gasteiger partial charge in [-0.15, -0.1) is 0 Å². The number of hydrogen-bond donors (Lipinski definition) is 2. The summed E-state index contributed by atoms with van der Waals surface area (Å²) in [5.74, 6) is 1.02. The van der Waals surface area contributed by atoms with Crippen molar-refractivity contribution < 1.29 is 4.74 Å². The van der Waals surface area contributed by atoms with E-state index in [-0.39, 0.29) is 6.10 Å². The number of fused-ring (bicyclic) bond motifs is 1. The summed E-state index contributed by atoms with van der Waals surface area (Å²) >= 11 is 0. The van der Waals surface area contributed by atoms with E-state index in [0.29, 0.717) is 6.04 Å². The van der Waals surface area contributed by atoms with E-state index in [9.17, 15) is 0 Å². The Morgan fingerprint density at radius 2 is 2.11 bits per heavy atom. The quantitative estimate of drug-likeness (QED) is 0.800. The highest BCUT2D eigenvalue weighted by molar-refractivity contribution is 5.47. The molecule has 2 heterocycles. The maximum Gasteiger partial charge on any atom is 0.133 e. The van der Waals surface area contributed by atoms with Gasteiger partial charge in [-0.2, -0.15) is 0 Å². The van der Waals surface area contributed by atoms with E-state index in [4.69, 9.17) is 4.74 Å². The zero-order valence-corrected chi connectivity index (χ0v) is 11.5. The van der Waals surface area contributed by atoms with Crippen molar-refractivity contribution >= 4 is 5.82 Å². The minimum Gasteiger partial charge on any atom is -0.378 e. The second kappa shape index (κ2) is 5.84. The molecule has 0 aromatic carbocycles. The number of methoxy groups -OCH3 is 1. The molecule has 5 nitrogen and oxygen atoms in total. The van der Waals surface area contributed by atoms with Gasteiger partial charge in [0.25, 0.3) is 0 Å². The molecular weight excluding hydrogens is 240 g/mol. The molecule has 1 aliphatic heterocycles. The fraction of sp³-hybridized carbons (Fsp3) is 0.714. The standard InChI is InChI=1S/C14H22N4O/c1-19-13-8-15-7-12(13)18-14-10-5-3-2-4-6-11(10)16-9-17-14/h9,12-13,15H,2-8H2,1H3,(H,16,17,18)/t12?,13-/m0/s1. The Morgan fingerprint density at radius 1 is 1.21 bits per heavy atom. The Morgan fingerprint density at radius 3 is 3.00 bits per heavy atom. The Kier molecular flexibility index (Phi) is 3.94. The number of nitrogens with zero attached hydrogens (tertiary/aromatic N) is 2. The minimum atomic E-state index is 0.219. The lowest BCUT2D eigenvalue weighted by atomic mass is 10.1. The van der Waals surface area contributed by atoms with Crippen molar-refractivity contribution in [3.8, 4) is 0 Å². The molecule has 2 N–H and O–H groups in total. The van der Waals surface area contributed by atoms with Gasteiger partial charge in [0.15, 0.2) is 0 Å². The minimum absolute atomic E-state index is 0.219. The highest BCUT2D eigenvalue weighted by Gasteiger charge is 2.28. The lowest BCUT2D eigenvalue weighted by Crippen LogP contribution is -2.34. The molecule has 1 aromatic heterocycles. The van der Waals surface area contributed by atoms with Crippen LogP contribution in [0.5, 0.6) is 0 Å². The van der Waals surface area contributed by atoms with Crippen molar-refractivity contribution in [1.82, 2.24) is 15.3 Å². The largest absolute Gasteiger partial charge is 0.378 e. The van der Waals surface area contributed by atoms with Crippen molar-refractivity contribution in [2.75, 3.05) is 25.5 Å². The van der Waals surface area contributed by atoms with Crippen LogP contribution in [0.25, 0.3) is 0 Å². The molecule has 1 fully saturated rings. The Hall–Kier alpha value is -1.20. The Bertz CT molecular complexity index is 437. The first-order chi connectivity index (χ1) is 9.38. The monoisotopic (exact) mass is 262 g/mol. The molecule has 1 unspecified atom stereocenters. The van der Waals surface area contributed by atoms with Crippen molar-refractivity contribution in [3.63, 3.8) is 0 Å². The number of rotatable bonds is 3. The van der Waals surface area contributed by atoms with Gasteiger partial charge in [0.2, 0.25) is 0 Å². The molecule has 2 atom stereocenters. The van der Waals surface area contributed by atoms with E-state index in [2.05, 4.69) is 20.6 Å². The zero-order chi connectivity index (χ0) is 13.1. The summed E-state index contributed by atoms with van der Waals surface area (Å²) in [5.41, 5.74) is 2.55. The number of hydrogen-bond acceptors (Lipinski definition) is 5. The Labute approximate surface area is 114 Å². The molecule has 5 heteroatoms. The highest BCUT2D eigenvalue weighted by atomic mass is 16.5. The van der Waals surface area contributed by atoms with Crippen LogP contribution in [0.1, 0.15) is 30.5 Å². The van der Waals surface area contributed by atoms with Gasteiger partial charge in [-0.1, -0.05) is 6.42 Å². The van der Waals surface area contributed by atoms with Crippen LogP contribution in [0.2, 0.25) is 0 Å². The fourth-order valence-corrected chi connectivity index (χ4v) is 3.04. The SMILES string of the molecule is CO[C@H]1CNCC1Nc1ncnc2c1CCCCC2. The summed E-state index contributed by atoms with van der Waals surface area (Å²) in [6.07, 6.45) is 7.87. The van der Waals surface area contributed by atoms with E-state index in [0.717, 1.165) is 31.7 Å². The number of anilines is 1. The van der Waals surface area contributed by atoms with Gasteiger partial charge >= 0.3 is 0 Å². The molecule has 104 valence electrons. The predicted octanol–water partition coefficient (Wildman–Crippen LogP) is 1.14. The van der Waals surface area contributed by atoms with Crippen LogP contribution in [-0.4, -0.2) is 42.3 Å². The fourth-order valence-electron chi connectivity index (χ4n) is 3.04. The number of aromatic nitrogens is 2.